The molecule has 0 atom stereocenters. The minimum Gasteiger partial charge on any atom is -0.0807 e. The monoisotopic (exact) mass is 196 g/mol. The predicted molar refractivity (Wildman–Crippen MR) is 68.6 cm³/mol. The first-order valence-corrected chi connectivity index (χ1v) is 5.15. The molecule has 0 unspecified atom stereocenters. The Morgan fingerprint density at radius 2 is 0.600 bits per heavy atom. The van der Waals surface area contributed by atoms with E-state index in [0.717, 1.165) is 6.42 Å². The maximum absolute atomic E-state index is 2.12. The van der Waals surface area contributed by atoms with Crippen LogP contribution in [-0.2, 0) is 0 Å². The first-order chi connectivity index (χ1) is 7.50. The summed E-state index contributed by atoms with van der Waals surface area (Å²) in [7, 11) is 0. The second-order valence-corrected chi connectivity index (χ2v) is 3.02. The van der Waals surface area contributed by atoms with Crippen LogP contribution in [-0.4, -0.2) is 0 Å². The molecular weight excluding hydrogens is 180 g/mol. The highest BCUT2D eigenvalue weighted by Crippen LogP contribution is 1.90. The van der Waals surface area contributed by atoms with Crippen LogP contribution in [0.15, 0.2) is 85.1 Å². The van der Waals surface area contributed by atoms with Crippen molar-refractivity contribution < 1.29 is 0 Å². The van der Waals surface area contributed by atoms with Gasteiger partial charge in [-0.15, -0.1) is 0 Å². The van der Waals surface area contributed by atoms with Crippen LogP contribution in [0, 0.1) is 0 Å². The summed E-state index contributed by atoms with van der Waals surface area (Å²) >= 11 is 0. The van der Waals surface area contributed by atoms with E-state index in [1.165, 1.54) is 0 Å². The van der Waals surface area contributed by atoms with Crippen LogP contribution in [0.3, 0.4) is 0 Å². The van der Waals surface area contributed by atoms with E-state index in [1.807, 2.05) is 60.8 Å². The predicted octanol–water partition coefficient (Wildman–Crippen LogP) is 4.28. The molecule has 0 bridgehead atoms. The molecular formula is C15H16. The van der Waals surface area contributed by atoms with Crippen LogP contribution in [0.4, 0.5) is 0 Å². The molecule has 0 heterocycles. The summed E-state index contributed by atoms with van der Waals surface area (Å²) in [5.41, 5.74) is 0. The average molecular weight is 196 g/mol. The second-order valence-electron chi connectivity index (χ2n) is 3.02. The maximum atomic E-state index is 2.12. The lowest BCUT2D eigenvalue weighted by Crippen LogP contribution is -1.57. The molecule has 0 aromatic rings. The van der Waals surface area contributed by atoms with Crippen LogP contribution >= 0.6 is 0 Å². The van der Waals surface area contributed by atoms with Crippen molar-refractivity contribution in [1.29, 1.82) is 0 Å². The van der Waals surface area contributed by atoms with E-state index < -0.39 is 0 Å². The summed E-state index contributed by atoms with van der Waals surface area (Å²) in [6, 6.07) is 0. The molecule has 0 aromatic heterocycles. The highest BCUT2D eigenvalue weighted by Gasteiger charge is 1.69. The minimum absolute atomic E-state index is 0.973. The number of hydrogen-bond acceptors (Lipinski definition) is 0. The summed E-state index contributed by atoms with van der Waals surface area (Å²) in [6.45, 7) is 0. The standard InChI is InChI=1S/C15H16/c1-2-4-6-8-10-12-14-15-13-11-9-7-5-3-1/h1-14H,15H2/b2-1-,5-3-,6-4-,9-7-,10-8-,13-11-,14-12-. The SMILES string of the molecule is C1=C\C=C/C=C\C=C/C\C=C/C=C\C=C/1. The van der Waals surface area contributed by atoms with Crippen molar-refractivity contribution in [3.8, 4) is 0 Å². The first-order valence-electron chi connectivity index (χ1n) is 5.15. The molecule has 0 saturated carbocycles. The molecule has 0 aromatic carbocycles. The Balaban J connectivity index is 2.62. The van der Waals surface area contributed by atoms with E-state index in [0.29, 0.717) is 0 Å². The van der Waals surface area contributed by atoms with Gasteiger partial charge in [0, 0.05) is 0 Å². The van der Waals surface area contributed by atoms with Crippen molar-refractivity contribution in [1.82, 2.24) is 0 Å². The van der Waals surface area contributed by atoms with Gasteiger partial charge in [-0.05, 0) is 6.42 Å². The zero-order chi connectivity index (χ0) is 10.6. The molecule has 0 aliphatic heterocycles. The molecule has 0 amide bonds. The van der Waals surface area contributed by atoms with Crippen molar-refractivity contribution in [2.75, 3.05) is 0 Å². The van der Waals surface area contributed by atoms with E-state index in [1.54, 1.807) is 0 Å². The lowest BCUT2D eigenvalue weighted by molar-refractivity contribution is 1.39. The Bertz CT molecular complexity index is 310. The van der Waals surface area contributed by atoms with Gasteiger partial charge in [0.1, 0.15) is 0 Å². The first kappa shape index (κ1) is 11.3. The molecule has 0 nitrogen and oxygen atoms in total. The Morgan fingerprint density at radius 3 is 0.933 bits per heavy atom. The molecule has 1 rings (SSSR count). The average Bonchev–Trinajstić information content (AvgIpc) is 2.27. The summed E-state index contributed by atoms with van der Waals surface area (Å²) in [4.78, 5) is 0. The minimum atomic E-state index is 0.973. The molecule has 1 aliphatic carbocycles. The van der Waals surface area contributed by atoms with Crippen LogP contribution in [0.5, 0.6) is 0 Å². The molecule has 0 fully saturated rings. The molecule has 0 N–H and O–H groups in total. The normalized spacial score (nSPS) is 31.5. The Labute approximate surface area is 92.0 Å². The smallest absolute Gasteiger partial charge is 0.0163 e. The zero-order valence-electron chi connectivity index (χ0n) is 8.79. The van der Waals surface area contributed by atoms with Crippen molar-refractivity contribution >= 4 is 0 Å². The van der Waals surface area contributed by atoms with Gasteiger partial charge < -0.3 is 0 Å². The van der Waals surface area contributed by atoms with Crippen molar-refractivity contribution in [2.24, 2.45) is 0 Å². The molecule has 0 heteroatoms. The molecule has 15 heavy (non-hydrogen) atoms. The van der Waals surface area contributed by atoms with E-state index in [-0.39, 0.29) is 0 Å². The van der Waals surface area contributed by atoms with Gasteiger partial charge in [0.2, 0.25) is 0 Å². The van der Waals surface area contributed by atoms with Gasteiger partial charge in [0.15, 0.2) is 0 Å². The van der Waals surface area contributed by atoms with Gasteiger partial charge >= 0.3 is 0 Å². The van der Waals surface area contributed by atoms with Crippen LogP contribution in [0.1, 0.15) is 6.42 Å². The van der Waals surface area contributed by atoms with E-state index in [4.69, 9.17) is 0 Å². The summed E-state index contributed by atoms with van der Waals surface area (Å²) in [5, 5.41) is 0. The van der Waals surface area contributed by atoms with Crippen molar-refractivity contribution in [2.45, 2.75) is 6.42 Å². The highest BCUT2D eigenvalue weighted by molar-refractivity contribution is 5.21. The van der Waals surface area contributed by atoms with Gasteiger partial charge in [-0.1, -0.05) is 85.1 Å². The van der Waals surface area contributed by atoms with E-state index in [9.17, 15) is 0 Å². The molecule has 0 saturated heterocycles. The van der Waals surface area contributed by atoms with E-state index in [2.05, 4.69) is 24.3 Å². The second kappa shape index (κ2) is 8.76. The third-order valence-corrected chi connectivity index (χ3v) is 1.77. The van der Waals surface area contributed by atoms with Crippen molar-refractivity contribution in [3.63, 3.8) is 0 Å². The van der Waals surface area contributed by atoms with Gasteiger partial charge in [-0.25, -0.2) is 0 Å². The fourth-order valence-electron chi connectivity index (χ4n) is 1.03. The topological polar surface area (TPSA) is 0 Å². The number of hydrogen-bond donors (Lipinski definition) is 0. The molecule has 0 radical (unpaired) electrons. The van der Waals surface area contributed by atoms with Gasteiger partial charge in [-0.2, -0.15) is 0 Å². The number of rotatable bonds is 0. The summed E-state index contributed by atoms with van der Waals surface area (Å²) in [6.07, 6.45) is 29.5. The lowest BCUT2D eigenvalue weighted by Gasteiger charge is -1.78. The molecule has 76 valence electrons. The highest BCUT2D eigenvalue weighted by atomic mass is 13.8. The van der Waals surface area contributed by atoms with E-state index >= 15 is 0 Å². The van der Waals surface area contributed by atoms with Crippen LogP contribution in [0.25, 0.3) is 0 Å². The summed E-state index contributed by atoms with van der Waals surface area (Å²) < 4.78 is 0. The third-order valence-electron chi connectivity index (χ3n) is 1.77. The largest absolute Gasteiger partial charge is 0.0807 e. The quantitative estimate of drug-likeness (QED) is 0.542. The summed E-state index contributed by atoms with van der Waals surface area (Å²) in [5.74, 6) is 0. The zero-order valence-corrected chi connectivity index (χ0v) is 8.79. The molecule has 1 aliphatic rings. The van der Waals surface area contributed by atoms with Gasteiger partial charge in [-0.3, -0.25) is 0 Å². The Hall–Kier alpha value is -1.82. The Morgan fingerprint density at radius 1 is 0.333 bits per heavy atom. The fraction of sp³-hybridized carbons (Fsp3) is 0.0667. The van der Waals surface area contributed by atoms with Gasteiger partial charge in [0.25, 0.3) is 0 Å². The number of allylic oxidation sites excluding steroid dienone is 14. The third kappa shape index (κ3) is 7.27. The maximum Gasteiger partial charge on any atom is -0.0163 e. The van der Waals surface area contributed by atoms with Crippen LogP contribution < -0.4 is 0 Å². The fourth-order valence-corrected chi connectivity index (χ4v) is 1.03. The van der Waals surface area contributed by atoms with Crippen molar-refractivity contribution in [3.05, 3.63) is 85.1 Å². The molecule has 0 spiro atoms. The van der Waals surface area contributed by atoms with Crippen LogP contribution in [0.2, 0.25) is 0 Å². The Kier molecular flexibility index (Phi) is 6.58. The van der Waals surface area contributed by atoms with Gasteiger partial charge in [0.05, 0.1) is 0 Å². The lowest BCUT2D eigenvalue weighted by atomic mass is 10.3.